The number of hydrogen-bond donors (Lipinski definition) is 3. The summed E-state index contributed by atoms with van der Waals surface area (Å²) in [6.07, 6.45) is 0.680. The minimum Gasteiger partial charge on any atom is -0.394 e. The molecule has 8 heteroatoms. The van der Waals surface area contributed by atoms with E-state index < -0.39 is 35.6 Å². The van der Waals surface area contributed by atoms with Gasteiger partial charge in [0, 0.05) is 12.7 Å². The molecule has 6 atom stereocenters. The monoisotopic (exact) mass is 477 g/mol. The lowest BCUT2D eigenvalue weighted by Gasteiger charge is -2.37. The predicted molar refractivity (Wildman–Crippen MR) is 129 cm³/mol. The summed E-state index contributed by atoms with van der Waals surface area (Å²) in [5, 5.41) is 16.2. The third kappa shape index (κ3) is 3.46. The van der Waals surface area contributed by atoms with Gasteiger partial charge in [-0.3, -0.25) is 14.4 Å². The van der Waals surface area contributed by atoms with Crippen molar-refractivity contribution in [2.75, 3.05) is 19.0 Å². The third-order valence-corrected chi connectivity index (χ3v) is 7.96. The molecule has 2 aromatic carbocycles. The van der Waals surface area contributed by atoms with E-state index in [0.717, 1.165) is 16.7 Å². The Morgan fingerprint density at radius 1 is 1.11 bits per heavy atom. The molecule has 3 aliphatic rings. The molecule has 5 rings (SSSR count). The number of aliphatic hydroxyl groups is 1. The second-order valence-corrected chi connectivity index (χ2v) is 9.78. The first-order valence-electron chi connectivity index (χ1n) is 12.1. The van der Waals surface area contributed by atoms with E-state index in [4.69, 9.17) is 4.74 Å². The first kappa shape index (κ1) is 23.5. The largest absolute Gasteiger partial charge is 0.394 e. The number of aryl methyl sites for hydroxylation is 2. The highest BCUT2D eigenvalue weighted by molar-refractivity contribution is 6.04. The number of anilines is 1. The van der Waals surface area contributed by atoms with Gasteiger partial charge in [0.1, 0.15) is 11.6 Å². The number of aliphatic hydroxyl groups excluding tert-OH is 1. The summed E-state index contributed by atoms with van der Waals surface area (Å²) in [6.45, 7) is 3.47. The maximum absolute atomic E-state index is 14.1. The Bertz CT molecular complexity index is 1150. The second-order valence-electron chi connectivity index (χ2n) is 9.78. The van der Waals surface area contributed by atoms with Gasteiger partial charge in [-0.2, -0.15) is 0 Å². The SMILES string of the molecule is CNC(=O)[C@@H]1[C@@H]2CCC3(O2)C(C(=O)Nc2c(C)cccc2C)N([C@H](CO)c2ccccc2)C(=O)[C@H]13. The third-order valence-electron chi connectivity index (χ3n) is 7.96. The Morgan fingerprint density at radius 2 is 1.80 bits per heavy atom. The maximum Gasteiger partial charge on any atom is 0.250 e. The van der Waals surface area contributed by atoms with Crippen molar-refractivity contribution in [1.82, 2.24) is 10.2 Å². The molecular weight excluding hydrogens is 446 g/mol. The first-order valence-corrected chi connectivity index (χ1v) is 12.1. The summed E-state index contributed by atoms with van der Waals surface area (Å²) < 4.78 is 6.42. The molecule has 0 aromatic heterocycles. The zero-order valence-corrected chi connectivity index (χ0v) is 20.2. The molecular formula is C27H31N3O5. The van der Waals surface area contributed by atoms with E-state index in [-0.39, 0.29) is 24.3 Å². The van der Waals surface area contributed by atoms with E-state index in [1.807, 2.05) is 62.4 Å². The van der Waals surface area contributed by atoms with Crippen LogP contribution in [0.5, 0.6) is 0 Å². The van der Waals surface area contributed by atoms with Crippen LogP contribution in [-0.4, -0.2) is 59.1 Å². The quantitative estimate of drug-likeness (QED) is 0.591. The molecule has 2 aromatic rings. The van der Waals surface area contributed by atoms with Crippen LogP contribution in [0.4, 0.5) is 5.69 Å². The Hall–Kier alpha value is -3.23. The van der Waals surface area contributed by atoms with Crippen molar-refractivity contribution in [2.45, 2.75) is 50.5 Å². The van der Waals surface area contributed by atoms with E-state index in [0.29, 0.717) is 18.5 Å². The minimum atomic E-state index is -1.12. The van der Waals surface area contributed by atoms with Crippen LogP contribution < -0.4 is 10.6 Å². The molecule has 3 heterocycles. The van der Waals surface area contributed by atoms with Crippen LogP contribution in [0.25, 0.3) is 0 Å². The summed E-state index contributed by atoms with van der Waals surface area (Å²) in [5.74, 6) is -2.41. The topological polar surface area (TPSA) is 108 Å². The van der Waals surface area contributed by atoms with Crippen LogP contribution in [0.1, 0.15) is 35.6 Å². The second kappa shape index (κ2) is 8.77. The standard InChI is InChI=1S/C27H31N3O5/c1-15-8-7-9-16(2)22(15)29-25(33)23-27-13-12-19(35-27)20(24(32)28-3)21(27)26(34)30(23)18(14-31)17-10-5-4-6-11-17/h4-11,18-21,23,31H,12-14H2,1-3H3,(H,28,32)(H,29,33)/t18-,19+,20-,21+,23?,27?/m1/s1. The summed E-state index contributed by atoms with van der Waals surface area (Å²) in [7, 11) is 1.55. The molecule has 8 nitrogen and oxygen atoms in total. The van der Waals surface area contributed by atoms with E-state index in [9.17, 15) is 19.5 Å². The number of nitrogens with zero attached hydrogens (tertiary/aromatic N) is 1. The van der Waals surface area contributed by atoms with E-state index in [1.54, 1.807) is 7.05 Å². The average Bonchev–Trinajstić information content (AvgIpc) is 3.50. The molecule has 2 bridgehead atoms. The van der Waals surface area contributed by atoms with Crippen molar-refractivity contribution in [3.8, 4) is 0 Å². The van der Waals surface area contributed by atoms with E-state index >= 15 is 0 Å². The Morgan fingerprint density at radius 3 is 2.43 bits per heavy atom. The van der Waals surface area contributed by atoms with Crippen molar-refractivity contribution in [3.05, 3.63) is 65.2 Å². The molecule has 35 heavy (non-hydrogen) atoms. The summed E-state index contributed by atoms with van der Waals surface area (Å²) in [4.78, 5) is 42.4. The van der Waals surface area contributed by atoms with Gasteiger partial charge in [-0.1, -0.05) is 48.5 Å². The van der Waals surface area contributed by atoms with Crippen molar-refractivity contribution >= 4 is 23.4 Å². The van der Waals surface area contributed by atoms with Gasteiger partial charge in [-0.05, 0) is 43.4 Å². The van der Waals surface area contributed by atoms with Crippen molar-refractivity contribution in [3.63, 3.8) is 0 Å². The molecule has 3 aliphatic heterocycles. The summed E-state index contributed by atoms with van der Waals surface area (Å²) in [6, 6.07) is 13.2. The Balaban J connectivity index is 1.61. The van der Waals surface area contributed by atoms with Crippen LogP contribution >= 0.6 is 0 Å². The van der Waals surface area contributed by atoms with Crippen LogP contribution in [0.3, 0.4) is 0 Å². The van der Waals surface area contributed by atoms with Crippen molar-refractivity contribution in [1.29, 1.82) is 0 Å². The van der Waals surface area contributed by atoms with Gasteiger partial charge in [-0.15, -0.1) is 0 Å². The normalized spacial score (nSPS) is 29.7. The van der Waals surface area contributed by atoms with Crippen LogP contribution in [-0.2, 0) is 19.1 Å². The number of ether oxygens (including phenoxy) is 1. The van der Waals surface area contributed by atoms with Gasteiger partial charge in [0.2, 0.25) is 17.7 Å². The number of nitrogens with one attached hydrogen (secondary N) is 2. The van der Waals surface area contributed by atoms with Gasteiger partial charge in [0.25, 0.3) is 0 Å². The van der Waals surface area contributed by atoms with Crippen molar-refractivity contribution < 1.29 is 24.2 Å². The van der Waals surface area contributed by atoms with Crippen LogP contribution in [0.15, 0.2) is 48.5 Å². The summed E-state index contributed by atoms with van der Waals surface area (Å²) in [5.41, 5.74) is 2.10. The number of likely N-dealkylation sites (tertiary alicyclic amines) is 1. The average molecular weight is 478 g/mol. The number of benzene rings is 2. The number of para-hydroxylation sites is 1. The van der Waals surface area contributed by atoms with E-state index in [2.05, 4.69) is 10.6 Å². The number of rotatable bonds is 6. The van der Waals surface area contributed by atoms with Gasteiger partial charge < -0.3 is 25.4 Å². The highest BCUT2D eigenvalue weighted by Gasteiger charge is 2.75. The number of amides is 3. The fourth-order valence-electron chi connectivity index (χ4n) is 6.43. The molecule has 0 saturated carbocycles. The number of hydrogen-bond acceptors (Lipinski definition) is 5. The molecule has 1 spiro atoms. The lowest BCUT2D eigenvalue weighted by molar-refractivity contribution is -0.144. The maximum atomic E-state index is 14.1. The van der Waals surface area contributed by atoms with Crippen LogP contribution in [0.2, 0.25) is 0 Å². The molecule has 3 N–H and O–H groups in total. The fourth-order valence-corrected chi connectivity index (χ4v) is 6.43. The Kier molecular flexibility index (Phi) is 5.89. The molecule has 2 unspecified atom stereocenters. The molecule has 0 aliphatic carbocycles. The lowest BCUT2D eigenvalue weighted by Crippen LogP contribution is -2.54. The lowest BCUT2D eigenvalue weighted by atomic mass is 9.70. The zero-order chi connectivity index (χ0) is 24.9. The summed E-state index contributed by atoms with van der Waals surface area (Å²) >= 11 is 0. The van der Waals surface area contributed by atoms with Gasteiger partial charge in [-0.25, -0.2) is 0 Å². The molecule has 3 fully saturated rings. The van der Waals surface area contributed by atoms with Crippen LogP contribution in [0, 0.1) is 25.7 Å². The number of fused-ring (bicyclic) bond motifs is 1. The fraction of sp³-hybridized carbons (Fsp3) is 0.444. The Labute approximate surface area is 204 Å². The smallest absolute Gasteiger partial charge is 0.250 e. The predicted octanol–water partition coefficient (Wildman–Crippen LogP) is 2.10. The molecule has 3 amide bonds. The molecule has 184 valence electrons. The van der Waals surface area contributed by atoms with Gasteiger partial charge in [0.05, 0.1) is 30.6 Å². The number of carbonyl (C=O) groups is 3. The molecule has 0 radical (unpaired) electrons. The highest BCUT2D eigenvalue weighted by Crippen LogP contribution is 2.59. The molecule has 3 saturated heterocycles. The van der Waals surface area contributed by atoms with Gasteiger partial charge in [0.15, 0.2) is 0 Å². The highest BCUT2D eigenvalue weighted by atomic mass is 16.5. The minimum absolute atomic E-state index is 0.258. The zero-order valence-electron chi connectivity index (χ0n) is 20.2. The van der Waals surface area contributed by atoms with Gasteiger partial charge >= 0.3 is 0 Å². The van der Waals surface area contributed by atoms with E-state index in [1.165, 1.54) is 4.90 Å². The first-order chi connectivity index (χ1) is 16.8. The van der Waals surface area contributed by atoms with Crippen molar-refractivity contribution in [2.24, 2.45) is 11.8 Å². The number of carbonyl (C=O) groups excluding carboxylic acids is 3.